The molecule has 0 aromatic heterocycles. The van der Waals surface area contributed by atoms with Gasteiger partial charge in [0.15, 0.2) is 0 Å². The molecule has 2 aliphatic rings. The van der Waals surface area contributed by atoms with Crippen LogP contribution in [0.2, 0.25) is 0 Å². The zero-order chi connectivity index (χ0) is 15.9. The number of carbonyl (C=O) groups excluding carboxylic acids is 2. The van der Waals surface area contributed by atoms with E-state index >= 15 is 0 Å². The summed E-state index contributed by atoms with van der Waals surface area (Å²) in [5, 5.41) is 3.13. The van der Waals surface area contributed by atoms with Crippen LogP contribution in [-0.2, 0) is 19.3 Å². The van der Waals surface area contributed by atoms with Crippen molar-refractivity contribution in [1.29, 1.82) is 0 Å². The number of hydrogen-bond acceptors (Lipinski definition) is 8. The minimum atomic E-state index is -0.590. The molecule has 0 unspecified atom stereocenters. The summed E-state index contributed by atoms with van der Waals surface area (Å²) in [6.07, 6.45) is 5.30. The number of rotatable bonds is 4. The second-order valence-electron chi connectivity index (χ2n) is 5.69. The predicted octanol–water partition coefficient (Wildman–Crippen LogP) is -0.695. The van der Waals surface area contributed by atoms with E-state index in [-0.39, 0.29) is 12.1 Å². The Hall–Kier alpha value is -1.48. The molecule has 124 valence electrons. The van der Waals surface area contributed by atoms with Gasteiger partial charge >= 0.3 is 11.9 Å². The number of nitrogens with two attached hydrogens (primary N) is 2. The highest BCUT2D eigenvalue weighted by atomic mass is 16.7. The van der Waals surface area contributed by atoms with Gasteiger partial charge in [-0.05, 0) is 25.7 Å². The van der Waals surface area contributed by atoms with E-state index in [4.69, 9.17) is 21.1 Å². The SMILES string of the molecule is NC1CCN(OC(=O)/C=C/C(=O)ON2CCC(N)CC2)CC1. The second-order valence-corrected chi connectivity index (χ2v) is 5.69. The molecular formula is C14H24N4O4. The Bertz CT molecular complexity index is 375. The van der Waals surface area contributed by atoms with Crippen molar-refractivity contribution in [1.82, 2.24) is 10.1 Å². The summed E-state index contributed by atoms with van der Waals surface area (Å²) in [5.41, 5.74) is 11.5. The van der Waals surface area contributed by atoms with Gasteiger partial charge in [-0.15, -0.1) is 10.1 Å². The van der Waals surface area contributed by atoms with Crippen molar-refractivity contribution >= 4 is 11.9 Å². The van der Waals surface area contributed by atoms with Crippen molar-refractivity contribution < 1.29 is 19.3 Å². The number of nitrogens with zero attached hydrogens (tertiary/aromatic N) is 2. The first-order valence-corrected chi connectivity index (χ1v) is 7.66. The van der Waals surface area contributed by atoms with E-state index < -0.39 is 11.9 Å². The number of piperidine rings is 2. The largest absolute Gasteiger partial charge is 0.364 e. The highest BCUT2D eigenvalue weighted by molar-refractivity contribution is 5.91. The molecule has 0 aromatic carbocycles. The molecular weight excluding hydrogens is 288 g/mol. The Morgan fingerprint density at radius 2 is 1.09 bits per heavy atom. The zero-order valence-corrected chi connectivity index (χ0v) is 12.6. The summed E-state index contributed by atoms with van der Waals surface area (Å²) >= 11 is 0. The van der Waals surface area contributed by atoms with Gasteiger partial charge < -0.3 is 21.1 Å². The Morgan fingerprint density at radius 3 is 1.41 bits per heavy atom. The van der Waals surface area contributed by atoms with Crippen molar-refractivity contribution in [3.8, 4) is 0 Å². The Kier molecular flexibility index (Phi) is 6.32. The Morgan fingerprint density at radius 1 is 0.773 bits per heavy atom. The number of hydroxylamine groups is 4. The van der Waals surface area contributed by atoms with Gasteiger partial charge in [0, 0.05) is 50.4 Å². The lowest BCUT2D eigenvalue weighted by Gasteiger charge is -2.28. The maximum atomic E-state index is 11.6. The summed E-state index contributed by atoms with van der Waals surface area (Å²) in [4.78, 5) is 33.4. The molecule has 4 N–H and O–H groups in total. The van der Waals surface area contributed by atoms with E-state index in [9.17, 15) is 9.59 Å². The molecule has 2 aliphatic heterocycles. The van der Waals surface area contributed by atoms with Gasteiger partial charge in [-0.25, -0.2) is 9.59 Å². The monoisotopic (exact) mass is 312 g/mol. The lowest BCUT2D eigenvalue weighted by Crippen LogP contribution is -2.40. The normalized spacial score (nSPS) is 22.8. The van der Waals surface area contributed by atoms with Gasteiger partial charge in [0.2, 0.25) is 0 Å². The summed E-state index contributed by atoms with van der Waals surface area (Å²) in [6.45, 7) is 2.44. The molecule has 0 atom stereocenters. The van der Waals surface area contributed by atoms with Crippen LogP contribution in [0.4, 0.5) is 0 Å². The molecule has 2 fully saturated rings. The summed E-state index contributed by atoms with van der Waals surface area (Å²) in [5.74, 6) is -1.18. The van der Waals surface area contributed by atoms with Crippen molar-refractivity contribution in [3.05, 3.63) is 12.2 Å². The predicted molar refractivity (Wildman–Crippen MR) is 78.9 cm³/mol. The Balaban J connectivity index is 1.67. The van der Waals surface area contributed by atoms with Crippen LogP contribution in [0.1, 0.15) is 25.7 Å². The smallest absolute Gasteiger partial charge is 0.349 e. The summed E-state index contributed by atoms with van der Waals surface area (Å²) < 4.78 is 0. The van der Waals surface area contributed by atoms with E-state index in [2.05, 4.69) is 0 Å². The van der Waals surface area contributed by atoms with Crippen LogP contribution in [-0.4, -0.2) is 60.3 Å². The van der Waals surface area contributed by atoms with Gasteiger partial charge in [0.25, 0.3) is 0 Å². The van der Waals surface area contributed by atoms with Gasteiger partial charge in [-0.3, -0.25) is 0 Å². The molecule has 2 heterocycles. The quantitative estimate of drug-likeness (QED) is 0.656. The molecule has 0 saturated carbocycles. The Labute approximate surface area is 129 Å². The van der Waals surface area contributed by atoms with Gasteiger partial charge in [0.05, 0.1) is 0 Å². The summed E-state index contributed by atoms with van der Waals surface area (Å²) in [6, 6.07) is 0.330. The standard InChI is InChI=1S/C14H24N4O4/c15-11-3-7-17(8-4-11)21-13(19)1-2-14(20)22-18-9-5-12(16)6-10-18/h1-2,11-12H,3-10,15-16H2/b2-1+. The average Bonchev–Trinajstić information content (AvgIpc) is 2.50. The fourth-order valence-corrected chi connectivity index (χ4v) is 2.39. The van der Waals surface area contributed by atoms with Crippen molar-refractivity contribution in [3.63, 3.8) is 0 Å². The minimum Gasteiger partial charge on any atom is -0.364 e. The third-order valence-corrected chi connectivity index (χ3v) is 3.79. The van der Waals surface area contributed by atoms with E-state index in [0.717, 1.165) is 37.8 Å². The third kappa shape index (κ3) is 5.72. The van der Waals surface area contributed by atoms with Crippen molar-refractivity contribution in [2.75, 3.05) is 26.2 Å². The molecule has 8 heteroatoms. The van der Waals surface area contributed by atoms with Gasteiger partial charge in [0.1, 0.15) is 0 Å². The van der Waals surface area contributed by atoms with E-state index in [1.807, 2.05) is 0 Å². The topological polar surface area (TPSA) is 111 Å². The molecule has 0 amide bonds. The van der Waals surface area contributed by atoms with E-state index in [1.165, 1.54) is 0 Å². The molecule has 8 nitrogen and oxygen atoms in total. The molecule has 0 aromatic rings. The third-order valence-electron chi connectivity index (χ3n) is 3.79. The minimum absolute atomic E-state index is 0.165. The van der Waals surface area contributed by atoms with Crippen LogP contribution >= 0.6 is 0 Å². The van der Waals surface area contributed by atoms with Gasteiger partial charge in [-0.1, -0.05) is 0 Å². The number of hydrogen-bond donors (Lipinski definition) is 2. The van der Waals surface area contributed by atoms with Crippen LogP contribution in [0.25, 0.3) is 0 Å². The fraction of sp³-hybridized carbons (Fsp3) is 0.714. The van der Waals surface area contributed by atoms with Crippen LogP contribution in [0.3, 0.4) is 0 Å². The summed E-state index contributed by atoms with van der Waals surface area (Å²) in [7, 11) is 0. The molecule has 0 spiro atoms. The van der Waals surface area contributed by atoms with Crippen LogP contribution in [0, 0.1) is 0 Å². The fourth-order valence-electron chi connectivity index (χ4n) is 2.39. The molecule has 22 heavy (non-hydrogen) atoms. The first kappa shape index (κ1) is 16.9. The average molecular weight is 312 g/mol. The first-order valence-electron chi connectivity index (χ1n) is 7.66. The molecule has 2 saturated heterocycles. The van der Waals surface area contributed by atoms with E-state index in [1.54, 1.807) is 10.1 Å². The van der Waals surface area contributed by atoms with Crippen LogP contribution in [0.15, 0.2) is 12.2 Å². The van der Waals surface area contributed by atoms with Crippen LogP contribution < -0.4 is 11.5 Å². The van der Waals surface area contributed by atoms with Crippen molar-refractivity contribution in [2.45, 2.75) is 37.8 Å². The van der Waals surface area contributed by atoms with Gasteiger partial charge in [-0.2, -0.15) is 0 Å². The molecule has 2 rings (SSSR count). The highest BCUT2D eigenvalue weighted by Crippen LogP contribution is 2.10. The van der Waals surface area contributed by atoms with Crippen LogP contribution in [0.5, 0.6) is 0 Å². The van der Waals surface area contributed by atoms with Crippen molar-refractivity contribution in [2.24, 2.45) is 11.5 Å². The lowest BCUT2D eigenvalue weighted by molar-refractivity contribution is -0.191. The molecule has 0 bridgehead atoms. The molecule has 0 radical (unpaired) electrons. The number of carbonyl (C=O) groups is 2. The second kappa shape index (κ2) is 8.23. The molecule has 0 aliphatic carbocycles. The van der Waals surface area contributed by atoms with E-state index in [0.29, 0.717) is 26.2 Å². The first-order chi connectivity index (χ1) is 10.5. The maximum absolute atomic E-state index is 11.6. The highest BCUT2D eigenvalue weighted by Gasteiger charge is 2.20. The zero-order valence-electron chi connectivity index (χ0n) is 12.6. The lowest BCUT2D eigenvalue weighted by atomic mass is 10.1. The maximum Gasteiger partial charge on any atom is 0.349 e.